The molecule has 0 saturated heterocycles. The lowest BCUT2D eigenvalue weighted by molar-refractivity contribution is 0.603. The van der Waals surface area contributed by atoms with Gasteiger partial charge in [-0.1, -0.05) is 37.8 Å². The average molecular weight is 284 g/mol. The second-order valence-corrected chi connectivity index (χ2v) is 13.7. The van der Waals surface area contributed by atoms with Crippen LogP contribution in [0.15, 0.2) is 30.3 Å². The van der Waals surface area contributed by atoms with E-state index in [1.165, 1.54) is 24.3 Å². The van der Waals surface area contributed by atoms with Crippen LogP contribution in [0.3, 0.4) is 0 Å². The zero-order valence-electron chi connectivity index (χ0n) is 10.8. The molecule has 1 aliphatic rings. The molecule has 1 aromatic rings. The van der Waals surface area contributed by atoms with Gasteiger partial charge in [0.05, 0.1) is 17.9 Å². The molecule has 0 aliphatic carbocycles. The molecule has 1 atom stereocenters. The van der Waals surface area contributed by atoms with Crippen molar-refractivity contribution in [3.63, 3.8) is 0 Å². The maximum Gasteiger partial charge on any atom is 0.179 e. The van der Waals surface area contributed by atoms with E-state index >= 15 is 0 Å². The molecular formula is C13H17FO2SSi. The van der Waals surface area contributed by atoms with Crippen LogP contribution in [-0.2, 0) is 9.84 Å². The Morgan fingerprint density at radius 2 is 1.72 bits per heavy atom. The first-order valence-electron chi connectivity index (χ1n) is 5.93. The molecule has 0 N–H and O–H groups in total. The van der Waals surface area contributed by atoms with E-state index < -0.39 is 17.9 Å². The van der Waals surface area contributed by atoms with E-state index in [1.54, 1.807) is 6.08 Å². The summed E-state index contributed by atoms with van der Waals surface area (Å²) in [6.07, 6.45) is 2.37. The number of hydrogen-bond donors (Lipinski definition) is 0. The highest BCUT2D eigenvalue weighted by atomic mass is 32.2. The maximum atomic E-state index is 12.9. The molecule has 0 amide bonds. The van der Waals surface area contributed by atoms with Gasteiger partial charge in [0, 0.05) is 0 Å². The lowest BCUT2D eigenvalue weighted by atomic mass is 10.2. The molecule has 0 bridgehead atoms. The van der Waals surface area contributed by atoms with E-state index in [0.29, 0.717) is 16.9 Å². The van der Waals surface area contributed by atoms with Gasteiger partial charge in [0.2, 0.25) is 0 Å². The summed E-state index contributed by atoms with van der Waals surface area (Å²) in [4.78, 5) is 0.111. The Kier molecular flexibility index (Phi) is 3.23. The molecule has 0 radical (unpaired) electrons. The Morgan fingerprint density at radius 1 is 1.17 bits per heavy atom. The van der Waals surface area contributed by atoms with Crippen molar-refractivity contribution in [2.45, 2.75) is 30.9 Å². The summed E-state index contributed by atoms with van der Waals surface area (Å²) in [6, 6.07) is 5.66. The van der Waals surface area contributed by atoms with Gasteiger partial charge in [-0.15, -0.1) is 0 Å². The Morgan fingerprint density at radius 3 is 2.17 bits per heavy atom. The molecular weight excluding hydrogens is 267 g/mol. The third-order valence-corrected chi connectivity index (χ3v) is 10.5. The fourth-order valence-electron chi connectivity index (χ4n) is 2.33. The average Bonchev–Trinajstić information content (AvgIpc) is 2.54. The van der Waals surface area contributed by atoms with Crippen molar-refractivity contribution in [3.05, 3.63) is 41.7 Å². The fraction of sp³-hybridized carbons (Fsp3) is 0.385. The van der Waals surface area contributed by atoms with E-state index in [1.807, 2.05) is 0 Å². The summed E-state index contributed by atoms with van der Waals surface area (Å²) in [7, 11) is -5.01. The first-order chi connectivity index (χ1) is 8.23. The van der Waals surface area contributed by atoms with Crippen molar-refractivity contribution in [2.24, 2.45) is 0 Å². The number of hydrogen-bond acceptors (Lipinski definition) is 2. The smallest absolute Gasteiger partial charge is 0.179 e. The minimum Gasteiger partial charge on any atom is -0.224 e. The summed E-state index contributed by atoms with van der Waals surface area (Å²) in [6.45, 7) is 6.20. The second kappa shape index (κ2) is 4.31. The largest absolute Gasteiger partial charge is 0.224 e. The third kappa shape index (κ3) is 2.29. The summed E-state index contributed by atoms with van der Waals surface area (Å²) in [5, 5.41) is 0. The number of sulfone groups is 1. The molecule has 5 heteroatoms. The minimum atomic E-state index is -3.25. The van der Waals surface area contributed by atoms with E-state index in [9.17, 15) is 12.8 Å². The van der Waals surface area contributed by atoms with Crippen LogP contribution in [0.2, 0.25) is 19.6 Å². The molecule has 0 saturated carbocycles. The predicted molar refractivity (Wildman–Crippen MR) is 75.0 cm³/mol. The van der Waals surface area contributed by atoms with Gasteiger partial charge in [0.1, 0.15) is 5.82 Å². The SMILES string of the molecule is C[Si](C)(C)C1CC=C(c2ccc(F)cc2)S1(=O)=O. The number of allylic oxidation sites excluding steroid dienone is 1. The Labute approximate surface area is 108 Å². The normalized spacial score (nSPS) is 22.9. The van der Waals surface area contributed by atoms with E-state index in [-0.39, 0.29) is 10.7 Å². The highest BCUT2D eigenvalue weighted by Gasteiger charge is 2.43. The van der Waals surface area contributed by atoms with E-state index in [4.69, 9.17) is 0 Å². The van der Waals surface area contributed by atoms with Gasteiger partial charge in [-0.25, -0.2) is 12.8 Å². The van der Waals surface area contributed by atoms with Gasteiger partial charge in [-0.2, -0.15) is 0 Å². The topological polar surface area (TPSA) is 34.1 Å². The Hall–Kier alpha value is -0.943. The highest BCUT2D eigenvalue weighted by molar-refractivity contribution is 8.03. The number of benzene rings is 1. The summed E-state index contributed by atoms with van der Waals surface area (Å²) in [5.74, 6) is -0.350. The van der Waals surface area contributed by atoms with Crippen LogP contribution in [0, 0.1) is 5.82 Å². The van der Waals surface area contributed by atoms with Crippen LogP contribution in [0.1, 0.15) is 12.0 Å². The third-order valence-electron chi connectivity index (χ3n) is 3.29. The molecule has 2 rings (SSSR count). The van der Waals surface area contributed by atoms with Crippen LogP contribution in [0.25, 0.3) is 4.91 Å². The van der Waals surface area contributed by atoms with Gasteiger partial charge in [-0.3, -0.25) is 0 Å². The van der Waals surface area contributed by atoms with Crippen molar-refractivity contribution < 1.29 is 12.8 Å². The summed E-state index contributed by atoms with van der Waals surface area (Å²) < 4.78 is 37.9. The van der Waals surface area contributed by atoms with E-state index in [0.717, 1.165) is 0 Å². The zero-order valence-corrected chi connectivity index (χ0v) is 12.6. The minimum absolute atomic E-state index is 0.259. The number of rotatable bonds is 2. The van der Waals surface area contributed by atoms with Crippen LogP contribution in [-0.4, -0.2) is 21.4 Å². The van der Waals surface area contributed by atoms with Crippen molar-refractivity contribution >= 4 is 22.8 Å². The lowest BCUT2D eigenvalue weighted by Crippen LogP contribution is -2.41. The summed E-state index contributed by atoms with van der Waals surface area (Å²) >= 11 is 0. The summed E-state index contributed by atoms with van der Waals surface area (Å²) in [5.41, 5.74) is 0.595. The molecule has 0 spiro atoms. The van der Waals surface area contributed by atoms with Gasteiger partial charge in [0.15, 0.2) is 9.84 Å². The second-order valence-electron chi connectivity index (χ2n) is 5.71. The molecule has 1 aromatic carbocycles. The first kappa shape index (κ1) is 13.5. The van der Waals surface area contributed by atoms with Crippen LogP contribution in [0.5, 0.6) is 0 Å². The molecule has 98 valence electrons. The highest BCUT2D eigenvalue weighted by Crippen LogP contribution is 2.37. The van der Waals surface area contributed by atoms with Crippen LogP contribution < -0.4 is 0 Å². The van der Waals surface area contributed by atoms with Crippen molar-refractivity contribution in [2.75, 3.05) is 0 Å². The van der Waals surface area contributed by atoms with Gasteiger partial charge < -0.3 is 0 Å². The van der Waals surface area contributed by atoms with Gasteiger partial charge >= 0.3 is 0 Å². The quantitative estimate of drug-likeness (QED) is 0.781. The molecule has 1 unspecified atom stereocenters. The predicted octanol–water partition coefficient (Wildman–Crippen LogP) is 3.23. The molecule has 2 nitrogen and oxygen atoms in total. The zero-order chi connectivity index (χ0) is 13.6. The molecule has 1 heterocycles. The standard InChI is InChI=1S/C13H17FO2SSi/c1-18(2,3)13-9-8-12(17(13,15)16)10-4-6-11(14)7-5-10/h4-8,13H,9H2,1-3H3. The molecule has 18 heavy (non-hydrogen) atoms. The first-order valence-corrected chi connectivity index (χ1v) is 11.1. The lowest BCUT2D eigenvalue weighted by Gasteiger charge is -2.24. The molecule has 1 aliphatic heterocycles. The fourth-order valence-corrected chi connectivity index (χ4v) is 8.70. The molecule has 0 aromatic heterocycles. The maximum absolute atomic E-state index is 12.9. The van der Waals surface area contributed by atoms with Gasteiger partial charge in [0.25, 0.3) is 0 Å². The van der Waals surface area contributed by atoms with Crippen molar-refractivity contribution in [3.8, 4) is 0 Å². The van der Waals surface area contributed by atoms with E-state index in [2.05, 4.69) is 19.6 Å². The monoisotopic (exact) mass is 284 g/mol. The van der Waals surface area contributed by atoms with Crippen molar-refractivity contribution in [1.82, 2.24) is 0 Å². The van der Waals surface area contributed by atoms with Crippen LogP contribution in [0.4, 0.5) is 4.39 Å². The van der Waals surface area contributed by atoms with Gasteiger partial charge in [-0.05, 0) is 24.1 Å². The Balaban J connectivity index is 2.41. The van der Waals surface area contributed by atoms with Crippen molar-refractivity contribution in [1.29, 1.82) is 0 Å². The Bertz CT molecular complexity index is 582. The number of halogens is 1. The van der Waals surface area contributed by atoms with Crippen LogP contribution >= 0.6 is 0 Å². The molecule has 0 fully saturated rings.